The number of rotatable bonds is 5. The summed E-state index contributed by atoms with van der Waals surface area (Å²) in [5.74, 6) is -1.36. The lowest BCUT2D eigenvalue weighted by molar-refractivity contribution is -0.139. The summed E-state index contributed by atoms with van der Waals surface area (Å²) < 4.78 is 0. The van der Waals surface area contributed by atoms with Crippen LogP contribution in [0.4, 0.5) is 0 Å². The Kier molecular flexibility index (Phi) is 5.62. The van der Waals surface area contributed by atoms with E-state index in [0.717, 1.165) is 32.1 Å². The zero-order chi connectivity index (χ0) is 21.3. The van der Waals surface area contributed by atoms with E-state index in [-0.39, 0.29) is 17.1 Å². The van der Waals surface area contributed by atoms with Gasteiger partial charge in [0.05, 0.1) is 11.6 Å². The van der Waals surface area contributed by atoms with Gasteiger partial charge in [0.1, 0.15) is 11.5 Å². The number of hydrogen-bond acceptors (Lipinski definition) is 4. The number of aliphatic hydroxyl groups is 1. The molecule has 2 aliphatic rings. The van der Waals surface area contributed by atoms with E-state index in [1.165, 1.54) is 22.4 Å². The highest BCUT2D eigenvalue weighted by molar-refractivity contribution is 6.46. The lowest BCUT2D eigenvalue weighted by Crippen LogP contribution is -2.30. The van der Waals surface area contributed by atoms with Crippen LogP contribution in [0.2, 0.25) is 0 Å². The molecule has 0 aromatic heterocycles. The first-order valence-electron chi connectivity index (χ1n) is 10.7. The topological polar surface area (TPSA) is 77.8 Å². The van der Waals surface area contributed by atoms with Crippen molar-refractivity contribution in [3.63, 3.8) is 0 Å². The molecule has 5 nitrogen and oxygen atoms in total. The molecular formula is C25H27NO4. The number of phenols is 1. The molecule has 1 fully saturated rings. The fourth-order valence-corrected chi connectivity index (χ4v) is 4.52. The Bertz CT molecular complexity index is 1020. The number of benzene rings is 2. The highest BCUT2D eigenvalue weighted by Crippen LogP contribution is 2.40. The number of carbonyl (C=O) groups is 2. The Morgan fingerprint density at radius 1 is 1.07 bits per heavy atom. The Morgan fingerprint density at radius 2 is 1.83 bits per heavy atom. The molecule has 0 bridgehead atoms. The number of phenolic OH excluding ortho intramolecular Hbond substituents is 1. The largest absolute Gasteiger partial charge is 0.508 e. The standard InChI is InChI=1S/C25H27NO4/c1-2-3-13-26-22(18-9-6-10-20(27)15-18)21(24(29)25(26)30)23(28)19-12-11-16-7-4-5-8-17(16)14-19/h6,9-12,14-15,22,27-28H,2-5,7-8,13H2,1H3/b23-21-. The predicted octanol–water partition coefficient (Wildman–Crippen LogP) is 4.49. The van der Waals surface area contributed by atoms with E-state index in [2.05, 4.69) is 0 Å². The molecule has 5 heteroatoms. The van der Waals surface area contributed by atoms with Crippen LogP contribution in [0.1, 0.15) is 60.9 Å². The van der Waals surface area contributed by atoms with Crippen LogP contribution >= 0.6 is 0 Å². The molecule has 2 N–H and O–H groups in total. The number of fused-ring (bicyclic) bond motifs is 1. The first kappa shape index (κ1) is 20.2. The zero-order valence-electron chi connectivity index (χ0n) is 17.2. The van der Waals surface area contributed by atoms with E-state index < -0.39 is 17.7 Å². The van der Waals surface area contributed by atoms with Gasteiger partial charge in [0.2, 0.25) is 0 Å². The van der Waals surface area contributed by atoms with Gasteiger partial charge in [0.15, 0.2) is 0 Å². The van der Waals surface area contributed by atoms with Crippen LogP contribution < -0.4 is 0 Å². The third-order valence-electron chi connectivity index (χ3n) is 6.10. The fraction of sp³-hybridized carbons (Fsp3) is 0.360. The summed E-state index contributed by atoms with van der Waals surface area (Å²) in [6.45, 7) is 2.44. The summed E-state index contributed by atoms with van der Waals surface area (Å²) in [5.41, 5.74) is 3.75. The molecule has 1 amide bonds. The maximum absolute atomic E-state index is 13.0. The number of aliphatic hydroxyl groups excluding tert-OH is 1. The van der Waals surface area contributed by atoms with E-state index in [1.54, 1.807) is 24.3 Å². The maximum atomic E-state index is 13.0. The number of carbonyl (C=O) groups excluding carboxylic acids is 2. The smallest absolute Gasteiger partial charge is 0.295 e. The average Bonchev–Trinajstić information content (AvgIpc) is 3.01. The monoisotopic (exact) mass is 405 g/mol. The number of nitrogens with zero attached hydrogens (tertiary/aromatic N) is 1. The van der Waals surface area contributed by atoms with Crippen molar-refractivity contribution in [2.24, 2.45) is 0 Å². The van der Waals surface area contributed by atoms with Gasteiger partial charge in [0.25, 0.3) is 11.7 Å². The Labute approximate surface area is 176 Å². The van der Waals surface area contributed by atoms with Gasteiger partial charge < -0.3 is 15.1 Å². The third kappa shape index (κ3) is 3.60. The summed E-state index contributed by atoms with van der Waals surface area (Å²) in [7, 11) is 0. The van der Waals surface area contributed by atoms with E-state index in [1.807, 2.05) is 25.1 Å². The predicted molar refractivity (Wildman–Crippen MR) is 115 cm³/mol. The van der Waals surface area contributed by atoms with Crippen molar-refractivity contribution in [2.75, 3.05) is 6.54 Å². The second kappa shape index (κ2) is 8.34. The van der Waals surface area contributed by atoms with Crippen molar-refractivity contribution in [1.29, 1.82) is 0 Å². The summed E-state index contributed by atoms with van der Waals surface area (Å²) >= 11 is 0. The number of likely N-dealkylation sites (tertiary alicyclic amines) is 1. The summed E-state index contributed by atoms with van der Waals surface area (Å²) in [6, 6.07) is 11.6. The van der Waals surface area contributed by atoms with Crippen LogP contribution in [0.15, 0.2) is 48.0 Å². The zero-order valence-corrected chi connectivity index (χ0v) is 17.2. The Hall–Kier alpha value is -3.08. The van der Waals surface area contributed by atoms with Crippen LogP contribution in [0.3, 0.4) is 0 Å². The van der Waals surface area contributed by atoms with Crippen molar-refractivity contribution in [3.8, 4) is 5.75 Å². The minimum Gasteiger partial charge on any atom is -0.508 e. The first-order chi connectivity index (χ1) is 14.5. The van der Waals surface area contributed by atoms with Gasteiger partial charge in [-0.1, -0.05) is 37.6 Å². The summed E-state index contributed by atoms with van der Waals surface area (Å²) in [4.78, 5) is 27.3. The second-order valence-electron chi connectivity index (χ2n) is 8.13. The number of hydrogen-bond donors (Lipinski definition) is 2. The minimum absolute atomic E-state index is 0.0577. The third-order valence-corrected chi connectivity index (χ3v) is 6.10. The molecule has 1 saturated heterocycles. The quantitative estimate of drug-likeness (QED) is 0.436. The molecule has 2 aromatic carbocycles. The molecule has 156 valence electrons. The Morgan fingerprint density at radius 3 is 2.57 bits per heavy atom. The number of aromatic hydroxyl groups is 1. The summed E-state index contributed by atoms with van der Waals surface area (Å²) in [6.07, 6.45) is 5.89. The number of Topliss-reactive ketones (excluding diaryl/α,β-unsaturated/α-hetero) is 1. The molecule has 0 saturated carbocycles. The van der Waals surface area contributed by atoms with Gasteiger partial charge in [-0.05, 0) is 67.0 Å². The number of ketones is 1. The molecule has 2 aromatic rings. The normalized spacial score (nSPS) is 20.4. The molecule has 1 heterocycles. The van der Waals surface area contributed by atoms with E-state index in [0.29, 0.717) is 17.7 Å². The lowest BCUT2D eigenvalue weighted by Gasteiger charge is -2.25. The molecule has 1 atom stereocenters. The van der Waals surface area contributed by atoms with Gasteiger partial charge in [-0.15, -0.1) is 0 Å². The fourth-order valence-electron chi connectivity index (χ4n) is 4.52. The van der Waals surface area contributed by atoms with E-state index >= 15 is 0 Å². The molecule has 1 aliphatic carbocycles. The van der Waals surface area contributed by atoms with Crippen LogP contribution in [-0.2, 0) is 22.4 Å². The van der Waals surface area contributed by atoms with Gasteiger partial charge in [-0.2, -0.15) is 0 Å². The highest BCUT2D eigenvalue weighted by atomic mass is 16.3. The van der Waals surface area contributed by atoms with Crippen LogP contribution in [0, 0.1) is 0 Å². The SMILES string of the molecule is CCCCN1C(=O)C(=O)/C(=C(\O)c2ccc3c(c2)CCCC3)C1c1cccc(O)c1. The molecule has 4 rings (SSSR count). The van der Waals surface area contributed by atoms with Gasteiger partial charge >= 0.3 is 0 Å². The Balaban J connectivity index is 1.84. The molecule has 1 unspecified atom stereocenters. The van der Waals surface area contributed by atoms with Crippen molar-refractivity contribution in [2.45, 2.75) is 51.5 Å². The maximum Gasteiger partial charge on any atom is 0.295 e. The van der Waals surface area contributed by atoms with Crippen molar-refractivity contribution >= 4 is 17.4 Å². The van der Waals surface area contributed by atoms with Crippen molar-refractivity contribution < 1.29 is 19.8 Å². The van der Waals surface area contributed by atoms with Crippen molar-refractivity contribution in [1.82, 2.24) is 4.90 Å². The molecule has 1 aliphatic heterocycles. The minimum atomic E-state index is -0.709. The second-order valence-corrected chi connectivity index (χ2v) is 8.13. The van der Waals surface area contributed by atoms with Gasteiger partial charge in [0, 0.05) is 12.1 Å². The molecule has 0 radical (unpaired) electrons. The van der Waals surface area contributed by atoms with Gasteiger partial charge in [-0.3, -0.25) is 9.59 Å². The van der Waals surface area contributed by atoms with E-state index in [9.17, 15) is 19.8 Å². The number of amides is 1. The van der Waals surface area contributed by atoms with Crippen molar-refractivity contribution in [3.05, 3.63) is 70.3 Å². The van der Waals surface area contributed by atoms with Crippen LogP contribution in [0.5, 0.6) is 5.75 Å². The molecule has 30 heavy (non-hydrogen) atoms. The molecular weight excluding hydrogens is 378 g/mol. The average molecular weight is 405 g/mol. The van der Waals surface area contributed by atoms with Crippen LogP contribution in [0.25, 0.3) is 5.76 Å². The van der Waals surface area contributed by atoms with Gasteiger partial charge in [-0.25, -0.2) is 0 Å². The van der Waals surface area contributed by atoms with Crippen LogP contribution in [-0.4, -0.2) is 33.3 Å². The number of unbranched alkanes of at least 4 members (excludes halogenated alkanes) is 1. The first-order valence-corrected chi connectivity index (χ1v) is 10.7. The number of aryl methyl sites for hydroxylation is 2. The lowest BCUT2D eigenvalue weighted by atomic mass is 9.88. The van der Waals surface area contributed by atoms with E-state index in [4.69, 9.17) is 0 Å². The highest BCUT2D eigenvalue weighted by Gasteiger charge is 2.45. The molecule has 0 spiro atoms. The summed E-state index contributed by atoms with van der Waals surface area (Å²) in [5, 5.41) is 21.1.